The van der Waals surface area contributed by atoms with Gasteiger partial charge in [-0.15, -0.1) is 0 Å². The number of hydrogen-bond acceptors (Lipinski definition) is 3. The maximum absolute atomic E-state index is 10.3. The van der Waals surface area contributed by atoms with Crippen molar-refractivity contribution in [1.29, 1.82) is 0 Å². The highest BCUT2D eigenvalue weighted by molar-refractivity contribution is 6.30. The molecule has 2 atom stereocenters. The molecule has 0 amide bonds. The molecule has 0 spiro atoms. The first kappa shape index (κ1) is 18.0. The number of aliphatic hydroxyl groups excluding tert-OH is 1. The molecule has 1 heterocycles. The van der Waals surface area contributed by atoms with Gasteiger partial charge in [0.15, 0.2) is 5.96 Å². The summed E-state index contributed by atoms with van der Waals surface area (Å²) in [6, 6.07) is 7.21. The maximum Gasteiger partial charge on any atom is 0.193 e. The molecular formula is C17H26ClN3O2. The highest BCUT2D eigenvalue weighted by Gasteiger charge is 2.19. The van der Waals surface area contributed by atoms with E-state index in [0.717, 1.165) is 44.2 Å². The summed E-state index contributed by atoms with van der Waals surface area (Å²) in [4.78, 5) is 6.67. The molecule has 1 aromatic rings. The molecule has 2 N–H and O–H groups in total. The van der Waals surface area contributed by atoms with Gasteiger partial charge in [-0.05, 0) is 31.0 Å². The van der Waals surface area contributed by atoms with Crippen LogP contribution >= 0.6 is 11.6 Å². The smallest absolute Gasteiger partial charge is 0.193 e. The second-order valence-electron chi connectivity index (χ2n) is 5.87. The van der Waals surface area contributed by atoms with Crippen molar-refractivity contribution in [1.82, 2.24) is 10.2 Å². The van der Waals surface area contributed by atoms with Crippen LogP contribution in [0.2, 0.25) is 5.02 Å². The van der Waals surface area contributed by atoms with Crippen molar-refractivity contribution >= 4 is 17.6 Å². The van der Waals surface area contributed by atoms with E-state index in [9.17, 15) is 5.11 Å². The van der Waals surface area contributed by atoms with Crippen molar-refractivity contribution in [2.45, 2.75) is 19.4 Å². The minimum atomic E-state index is -0.635. The van der Waals surface area contributed by atoms with Gasteiger partial charge in [0.05, 0.1) is 19.3 Å². The average molecular weight is 340 g/mol. The van der Waals surface area contributed by atoms with Gasteiger partial charge in [-0.25, -0.2) is 0 Å². The van der Waals surface area contributed by atoms with Crippen LogP contribution in [0, 0.1) is 5.92 Å². The minimum Gasteiger partial charge on any atom is -0.386 e. The second-order valence-corrected chi connectivity index (χ2v) is 6.31. The minimum absolute atomic E-state index is 0.315. The molecule has 0 aromatic heterocycles. The van der Waals surface area contributed by atoms with Gasteiger partial charge in [-0.2, -0.15) is 0 Å². The fraction of sp³-hybridized carbons (Fsp3) is 0.588. The highest BCUT2D eigenvalue weighted by Crippen LogP contribution is 2.17. The van der Waals surface area contributed by atoms with Crippen LogP contribution in [0.15, 0.2) is 29.3 Å². The molecule has 2 rings (SSSR count). The van der Waals surface area contributed by atoms with Crippen LogP contribution in [-0.4, -0.2) is 55.9 Å². The number of aliphatic imine (C=N–C) groups is 1. The molecule has 5 nitrogen and oxygen atoms in total. The van der Waals surface area contributed by atoms with Crippen molar-refractivity contribution in [3.63, 3.8) is 0 Å². The standard InChI is InChI=1S/C17H26ClN3O2/c1-3-19-17(21(2)11-13-8-9-23-12-13)20-10-16(22)14-4-6-15(18)7-5-14/h4-7,13,16,22H,3,8-12H2,1-2H3,(H,19,20). The Morgan fingerprint density at radius 3 is 2.83 bits per heavy atom. The Kier molecular flexibility index (Phi) is 7.15. The van der Waals surface area contributed by atoms with Gasteiger partial charge >= 0.3 is 0 Å². The molecule has 6 heteroatoms. The first-order valence-electron chi connectivity index (χ1n) is 8.11. The number of halogens is 1. The fourth-order valence-corrected chi connectivity index (χ4v) is 2.76. The van der Waals surface area contributed by atoms with Crippen LogP contribution in [0.1, 0.15) is 25.0 Å². The summed E-state index contributed by atoms with van der Waals surface area (Å²) < 4.78 is 5.43. The molecule has 1 saturated heterocycles. The number of nitrogens with one attached hydrogen (secondary N) is 1. The molecule has 1 aromatic carbocycles. The van der Waals surface area contributed by atoms with Crippen LogP contribution < -0.4 is 5.32 Å². The van der Waals surface area contributed by atoms with Crippen LogP contribution in [0.4, 0.5) is 0 Å². The lowest BCUT2D eigenvalue weighted by molar-refractivity contribution is 0.180. The zero-order valence-electron chi connectivity index (χ0n) is 13.8. The van der Waals surface area contributed by atoms with E-state index in [4.69, 9.17) is 16.3 Å². The number of hydrogen-bond donors (Lipinski definition) is 2. The van der Waals surface area contributed by atoms with E-state index in [-0.39, 0.29) is 0 Å². The van der Waals surface area contributed by atoms with Gasteiger partial charge in [0.1, 0.15) is 0 Å². The van der Waals surface area contributed by atoms with E-state index >= 15 is 0 Å². The Hall–Kier alpha value is -1.30. The summed E-state index contributed by atoms with van der Waals surface area (Å²) in [5.41, 5.74) is 0.820. The van der Waals surface area contributed by atoms with Gasteiger partial charge < -0.3 is 20.1 Å². The molecule has 0 aliphatic carbocycles. The van der Waals surface area contributed by atoms with Crippen molar-refractivity contribution in [3.05, 3.63) is 34.9 Å². The SMILES string of the molecule is CCNC(=NCC(O)c1ccc(Cl)cc1)N(C)CC1CCOC1. The predicted octanol–water partition coefficient (Wildman–Crippen LogP) is 2.31. The first-order chi connectivity index (χ1) is 11.1. The third kappa shape index (κ3) is 5.68. The topological polar surface area (TPSA) is 57.1 Å². The summed E-state index contributed by atoms with van der Waals surface area (Å²) >= 11 is 5.87. The third-order valence-corrected chi connectivity index (χ3v) is 4.17. The Morgan fingerprint density at radius 1 is 1.48 bits per heavy atom. The quantitative estimate of drug-likeness (QED) is 0.617. The second kappa shape index (κ2) is 9.11. The Balaban J connectivity index is 1.95. The molecule has 1 fully saturated rings. The summed E-state index contributed by atoms with van der Waals surface area (Å²) in [5.74, 6) is 1.36. The highest BCUT2D eigenvalue weighted by atomic mass is 35.5. The summed E-state index contributed by atoms with van der Waals surface area (Å²) in [6.07, 6.45) is 0.459. The molecule has 128 valence electrons. The van der Waals surface area contributed by atoms with Gasteiger partial charge in [0, 0.05) is 37.7 Å². The summed E-state index contributed by atoms with van der Waals surface area (Å²) in [6.45, 7) is 5.72. The molecule has 2 unspecified atom stereocenters. The lowest BCUT2D eigenvalue weighted by Gasteiger charge is -2.25. The molecule has 0 radical (unpaired) electrons. The Bertz CT molecular complexity index is 501. The number of guanidine groups is 1. The van der Waals surface area contributed by atoms with Crippen molar-refractivity contribution < 1.29 is 9.84 Å². The third-order valence-electron chi connectivity index (χ3n) is 3.92. The maximum atomic E-state index is 10.3. The zero-order chi connectivity index (χ0) is 16.7. The van der Waals surface area contributed by atoms with E-state index in [0.29, 0.717) is 17.5 Å². The number of aliphatic hydroxyl groups is 1. The average Bonchev–Trinajstić information content (AvgIpc) is 3.04. The van der Waals surface area contributed by atoms with Crippen LogP contribution in [-0.2, 0) is 4.74 Å². The lowest BCUT2D eigenvalue weighted by atomic mass is 10.1. The molecule has 0 saturated carbocycles. The molecule has 1 aliphatic heterocycles. The van der Waals surface area contributed by atoms with Gasteiger partial charge in [0.25, 0.3) is 0 Å². The van der Waals surface area contributed by atoms with E-state index < -0.39 is 6.10 Å². The summed E-state index contributed by atoms with van der Waals surface area (Å²) in [5, 5.41) is 14.2. The zero-order valence-corrected chi connectivity index (χ0v) is 14.6. The predicted molar refractivity (Wildman–Crippen MR) is 93.9 cm³/mol. The normalized spacial score (nSPS) is 19.7. The van der Waals surface area contributed by atoms with Crippen LogP contribution in [0.5, 0.6) is 0 Å². The molecule has 23 heavy (non-hydrogen) atoms. The Labute approximate surface area is 143 Å². The van der Waals surface area contributed by atoms with E-state index in [2.05, 4.69) is 15.2 Å². The molecular weight excluding hydrogens is 314 g/mol. The lowest BCUT2D eigenvalue weighted by Crippen LogP contribution is -2.41. The summed E-state index contributed by atoms with van der Waals surface area (Å²) in [7, 11) is 2.02. The monoisotopic (exact) mass is 339 g/mol. The van der Waals surface area contributed by atoms with Crippen molar-refractivity contribution in [2.24, 2.45) is 10.9 Å². The molecule has 1 aliphatic rings. The fourth-order valence-electron chi connectivity index (χ4n) is 2.63. The number of benzene rings is 1. The van der Waals surface area contributed by atoms with Crippen LogP contribution in [0.3, 0.4) is 0 Å². The number of nitrogens with zero attached hydrogens (tertiary/aromatic N) is 2. The van der Waals surface area contributed by atoms with Gasteiger partial charge in [0.2, 0.25) is 0 Å². The van der Waals surface area contributed by atoms with Crippen molar-refractivity contribution in [3.8, 4) is 0 Å². The van der Waals surface area contributed by atoms with Gasteiger partial charge in [-0.3, -0.25) is 4.99 Å². The van der Waals surface area contributed by atoms with Crippen LogP contribution in [0.25, 0.3) is 0 Å². The van der Waals surface area contributed by atoms with Gasteiger partial charge in [-0.1, -0.05) is 23.7 Å². The van der Waals surface area contributed by atoms with E-state index in [1.165, 1.54) is 0 Å². The number of ether oxygens (including phenoxy) is 1. The molecule has 0 bridgehead atoms. The van der Waals surface area contributed by atoms with Crippen molar-refractivity contribution in [2.75, 3.05) is 39.9 Å². The number of rotatable bonds is 6. The van der Waals surface area contributed by atoms with E-state index in [1.807, 2.05) is 26.1 Å². The van der Waals surface area contributed by atoms with E-state index in [1.54, 1.807) is 12.1 Å². The largest absolute Gasteiger partial charge is 0.386 e. The first-order valence-corrected chi connectivity index (χ1v) is 8.48. The Morgan fingerprint density at radius 2 is 2.22 bits per heavy atom.